The maximum atomic E-state index is 3.51. The fraction of sp³-hybridized carbons (Fsp3) is 0.667. The van der Waals surface area contributed by atoms with Crippen molar-refractivity contribution < 1.29 is 0 Å². The first-order chi connectivity index (χ1) is 10.2. The molecule has 0 aliphatic carbocycles. The van der Waals surface area contributed by atoms with Gasteiger partial charge in [0.05, 0.1) is 0 Å². The van der Waals surface area contributed by atoms with Crippen LogP contribution >= 0.6 is 15.9 Å². The lowest BCUT2D eigenvalue weighted by Crippen LogP contribution is -2.41. The molecular weight excluding hydrogens is 324 g/mol. The van der Waals surface area contributed by atoms with Gasteiger partial charge in [-0.05, 0) is 57.0 Å². The number of likely N-dealkylation sites (tertiary alicyclic amines) is 1. The van der Waals surface area contributed by atoms with Gasteiger partial charge in [-0.15, -0.1) is 0 Å². The number of rotatable bonds is 7. The molecule has 1 aliphatic rings. The van der Waals surface area contributed by atoms with Crippen LogP contribution < -0.4 is 5.32 Å². The predicted octanol–water partition coefficient (Wildman–Crippen LogP) is 4.75. The van der Waals surface area contributed by atoms with Gasteiger partial charge in [0.2, 0.25) is 0 Å². The Hall–Kier alpha value is -0.380. The highest BCUT2D eigenvalue weighted by molar-refractivity contribution is 9.10. The summed E-state index contributed by atoms with van der Waals surface area (Å²) in [5.74, 6) is 0. The zero-order valence-electron chi connectivity index (χ0n) is 13.4. The second kappa shape index (κ2) is 8.92. The Labute approximate surface area is 138 Å². The van der Waals surface area contributed by atoms with E-state index in [4.69, 9.17) is 0 Å². The van der Waals surface area contributed by atoms with E-state index in [1.807, 2.05) is 0 Å². The molecule has 2 nitrogen and oxygen atoms in total. The Bertz CT molecular complexity index is 402. The van der Waals surface area contributed by atoms with Crippen molar-refractivity contribution in [3.8, 4) is 0 Å². The Morgan fingerprint density at radius 3 is 2.71 bits per heavy atom. The predicted molar refractivity (Wildman–Crippen MR) is 94.7 cm³/mol. The topological polar surface area (TPSA) is 15.3 Å². The van der Waals surface area contributed by atoms with Crippen molar-refractivity contribution in [3.63, 3.8) is 0 Å². The van der Waals surface area contributed by atoms with Crippen LogP contribution in [-0.2, 0) is 0 Å². The summed E-state index contributed by atoms with van der Waals surface area (Å²) in [5, 5.41) is 3.48. The molecule has 21 heavy (non-hydrogen) atoms. The molecule has 1 N–H and O–H groups in total. The van der Waals surface area contributed by atoms with Gasteiger partial charge in [0, 0.05) is 23.1 Å². The average Bonchev–Trinajstić information content (AvgIpc) is 2.51. The number of nitrogens with one attached hydrogen (secondary N) is 1. The standard InChI is InChI=1S/C18H29BrN2/c1-3-6-17-7-4-5-13-21(17)14-12-18(20-2)15-8-10-16(19)11-9-15/h8-11,17-18,20H,3-7,12-14H2,1-2H3. The van der Waals surface area contributed by atoms with E-state index in [-0.39, 0.29) is 0 Å². The van der Waals surface area contributed by atoms with E-state index in [0.29, 0.717) is 6.04 Å². The molecule has 1 aliphatic heterocycles. The van der Waals surface area contributed by atoms with Crippen LogP contribution in [0, 0.1) is 0 Å². The Kier molecular flexibility index (Phi) is 7.21. The van der Waals surface area contributed by atoms with E-state index in [0.717, 1.165) is 10.5 Å². The van der Waals surface area contributed by atoms with Crippen LogP contribution in [0.2, 0.25) is 0 Å². The molecule has 1 fully saturated rings. The van der Waals surface area contributed by atoms with Gasteiger partial charge >= 0.3 is 0 Å². The van der Waals surface area contributed by atoms with Crippen LogP contribution in [0.1, 0.15) is 57.1 Å². The number of halogens is 1. The highest BCUT2D eigenvalue weighted by atomic mass is 79.9. The first kappa shape index (κ1) is 17.0. The minimum absolute atomic E-state index is 0.460. The maximum absolute atomic E-state index is 3.51. The third kappa shape index (κ3) is 5.08. The van der Waals surface area contributed by atoms with Gasteiger partial charge in [0.15, 0.2) is 0 Å². The third-order valence-electron chi connectivity index (χ3n) is 4.70. The molecule has 1 aromatic rings. The SMILES string of the molecule is CCCC1CCCCN1CCC(NC)c1ccc(Br)cc1. The molecule has 0 bridgehead atoms. The van der Waals surface area contributed by atoms with Gasteiger partial charge in [-0.2, -0.15) is 0 Å². The summed E-state index contributed by atoms with van der Waals surface area (Å²) in [7, 11) is 2.08. The third-order valence-corrected chi connectivity index (χ3v) is 5.23. The van der Waals surface area contributed by atoms with Crippen LogP contribution in [0.15, 0.2) is 28.7 Å². The number of hydrogen-bond acceptors (Lipinski definition) is 2. The largest absolute Gasteiger partial charge is 0.313 e. The second-order valence-electron chi connectivity index (χ2n) is 6.16. The molecule has 3 heteroatoms. The van der Waals surface area contributed by atoms with Crippen molar-refractivity contribution in [1.29, 1.82) is 0 Å². The zero-order chi connectivity index (χ0) is 15.1. The lowest BCUT2D eigenvalue weighted by atomic mass is 9.96. The van der Waals surface area contributed by atoms with Gasteiger partial charge in [0.25, 0.3) is 0 Å². The average molecular weight is 353 g/mol. The van der Waals surface area contributed by atoms with Gasteiger partial charge < -0.3 is 10.2 Å². The molecule has 2 rings (SSSR count). The summed E-state index contributed by atoms with van der Waals surface area (Å²) in [6, 6.07) is 10.0. The lowest BCUT2D eigenvalue weighted by Gasteiger charge is -2.36. The first-order valence-corrected chi connectivity index (χ1v) is 9.20. The maximum Gasteiger partial charge on any atom is 0.0329 e. The molecule has 0 aromatic heterocycles. The van der Waals surface area contributed by atoms with E-state index in [9.17, 15) is 0 Å². The van der Waals surface area contributed by atoms with Crippen molar-refractivity contribution in [2.75, 3.05) is 20.1 Å². The first-order valence-electron chi connectivity index (χ1n) is 8.41. The molecule has 1 saturated heterocycles. The Morgan fingerprint density at radius 2 is 2.05 bits per heavy atom. The molecule has 0 saturated carbocycles. The summed E-state index contributed by atoms with van der Waals surface area (Å²) in [6.07, 6.45) is 8.06. The number of hydrogen-bond donors (Lipinski definition) is 1. The molecule has 0 amide bonds. The molecule has 0 spiro atoms. The van der Waals surface area contributed by atoms with Crippen molar-refractivity contribution in [2.45, 2.75) is 57.5 Å². The summed E-state index contributed by atoms with van der Waals surface area (Å²) in [5.41, 5.74) is 1.39. The minimum Gasteiger partial charge on any atom is -0.313 e. The normalized spacial score (nSPS) is 21.4. The van der Waals surface area contributed by atoms with Crippen LogP contribution in [0.5, 0.6) is 0 Å². The van der Waals surface area contributed by atoms with E-state index in [1.54, 1.807) is 0 Å². The van der Waals surface area contributed by atoms with Crippen molar-refractivity contribution in [2.24, 2.45) is 0 Å². The van der Waals surface area contributed by atoms with E-state index < -0.39 is 0 Å². The zero-order valence-corrected chi connectivity index (χ0v) is 15.0. The summed E-state index contributed by atoms with van der Waals surface area (Å²) < 4.78 is 1.15. The van der Waals surface area contributed by atoms with Crippen LogP contribution in [0.3, 0.4) is 0 Å². The van der Waals surface area contributed by atoms with E-state index in [2.05, 4.69) is 64.4 Å². The van der Waals surface area contributed by atoms with E-state index >= 15 is 0 Å². The molecule has 1 heterocycles. The van der Waals surface area contributed by atoms with Gasteiger partial charge in [-0.1, -0.05) is 47.8 Å². The highest BCUT2D eigenvalue weighted by Gasteiger charge is 2.22. The van der Waals surface area contributed by atoms with E-state index in [1.165, 1.54) is 57.2 Å². The summed E-state index contributed by atoms with van der Waals surface area (Å²) >= 11 is 3.51. The summed E-state index contributed by atoms with van der Waals surface area (Å²) in [6.45, 7) is 4.82. The lowest BCUT2D eigenvalue weighted by molar-refractivity contribution is 0.133. The van der Waals surface area contributed by atoms with Crippen LogP contribution in [0.25, 0.3) is 0 Å². The monoisotopic (exact) mass is 352 g/mol. The molecule has 2 unspecified atom stereocenters. The van der Waals surface area contributed by atoms with Crippen molar-refractivity contribution >= 4 is 15.9 Å². The number of benzene rings is 1. The highest BCUT2D eigenvalue weighted by Crippen LogP contribution is 2.24. The molecular formula is C18H29BrN2. The Morgan fingerprint density at radius 1 is 1.29 bits per heavy atom. The van der Waals surface area contributed by atoms with Gasteiger partial charge in [0.1, 0.15) is 0 Å². The quantitative estimate of drug-likeness (QED) is 0.761. The second-order valence-corrected chi connectivity index (χ2v) is 7.07. The smallest absolute Gasteiger partial charge is 0.0329 e. The Balaban J connectivity index is 1.90. The fourth-order valence-electron chi connectivity index (χ4n) is 3.48. The molecule has 1 aromatic carbocycles. The number of piperidine rings is 1. The minimum atomic E-state index is 0.460. The fourth-order valence-corrected chi connectivity index (χ4v) is 3.75. The summed E-state index contributed by atoms with van der Waals surface area (Å²) in [4.78, 5) is 2.73. The van der Waals surface area contributed by atoms with Crippen molar-refractivity contribution in [1.82, 2.24) is 10.2 Å². The molecule has 2 atom stereocenters. The van der Waals surface area contributed by atoms with Gasteiger partial charge in [-0.3, -0.25) is 0 Å². The molecule has 0 radical (unpaired) electrons. The molecule has 118 valence electrons. The van der Waals surface area contributed by atoms with Crippen LogP contribution in [0.4, 0.5) is 0 Å². The number of nitrogens with zero attached hydrogens (tertiary/aromatic N) is 1. The van der Waals surface area contributed by atoms with Crippen molar-refractivity contribution in [3.05, 3.63) is 34.3 Å². The van der Waals surface area contributed by atoms with Crippen LogP contribution in [-0.4, -0.2) is 31.1 Å². The van der Waals surface area contributed by atoms with Gasteiger partial charge in [-0.25, -0.2) is 0 Å².